The lowest BCUT2D eigenvalue weighted by atomic mass is 10.0. The zero-order valence-corrected chi connectivity index (χ0v) is 17.4. The van der Waals surface area contributed by atoms with Gasteiger partial charge in [0.15, 0.2) is 5.79 Å². The van der Waals surface area contributed by atoms with Crippen molar-refractivity contribution in [3.63, 3.8) is 0 Å². The van der Waals surface area contributed by atoms with E-state index in [4.69, 9.17) is 24.1 Å². The van der Waals surface area contributed by atoms with Crippen molar-refractivity contribution in [2.75, 3.05) is 33.4 Å². The van der Waals surface area contributed by atoms with Gasteiger partial charge in [0.2, 0.25) is 0 Å². The Labute approximate surface area is 181 Å². The van der Waals surface area contributed by atoms with Gasteiger partial charge in [-0.2, -0.15) is 13.2 Å². The second-order valence-electron chi connectivity index (χ2n) is 7.46. The summed E-state index contributed by atoms with van der Waals surface area (Å²) in [6.45, 7) is 4.09. The molecule has 0 unspecified atom stereocenters. The molecule has 2 aromatic heterocycles. The second kappa shape index (κ2) is 9.84. The second-order valence-corrected chi connectivity index (χ2v) is 7.46. The van der Waals surface area contributed by atoms with Gasteiger partial charge < -0.3 is 23.9 Å². The fraction of sp³-hybridized carbons (Fsp3) is 0.550. The first-order valence-electron chi connectivity index (χ1n) is 9.93. The number of likely N-dealkylation sites (tertiary alicyclic amines) is 1. The minimum Gasteiger partial charge on any atom is -0.475 e. The highest BCUT2D eigenvalue weighted by Crippen LogP contribution is 2.31. The molecule has 2 aliphatic rings. The summed E-state index contributed by atoms with van der Waals surface area (Å²) in [5, 5.41) is 8.19. The highest BCUT2D eigenvalue weighted by Gasteiger charge is 2.41. The van der Waals surface area contributed by atoms with Gasteiger partial charge in [0.1, 0.15) is 12.2 Å². The van der Waals surface area contributed by atoms with Gasteiger partial charge in [0, 0.05) is 30.7 Å². The molecule has 0 saturated carbocycles. The molecule has 4 rings (SSSR count). The summed E-state index contributed by atoms with van der Waals surface area (Å²) < 4.78 is 50.1. The highest BCUT2D eigenvalue weighted by molar-refractivity contribution is 5.82. The molecule has 0 radical (unpaired) electrons. The van der Waals surface area contributed by atoms with Crippen molar-refractivity contribution in [1.82, 2.24) is 14.5 Å². The summed E-state index contributed by atoms with van der Waals surface area (Å²) in [6, 6.07) is 3.98. The first-order valence-corrected chi connectivity index (χ1v) is 9.93. The van der Waals surface area contributed by atoms with Crippen LogP contribution in [0.3, 0.4) is 0 Å². The number of nitrogens with zero attached hydrogens (tertiary/aromatic N) is 3. The zero-order valence-electron chi connectivity index (χ0n) is 17.4. The minimum absolute atomic E-state index is 0.167. The molecule has 0 bridgehead atoms. The van der Waals surface area contributed by atoms with Gasteiger partial charge in [-0.05, 0) is 30.7 Å². The van der Waals surface area contributed by atoms with Gasteiger partial charge in [-0.1, -0.05) is 0 Å². The van der Waals surface area contributed by atoms with Crippen LogP contribution in [-0.2, 0) is 36.9 Å². The van der Waals surface area contributed by atoms with E-state index in [0.29, 0.717) is 13.2 Å². The van der Waals surface area contributed by atoms with E-state index in [1.807, 2.05) is 22.9 Å². The third-order valence-corrected chi connectivity index (χ3v) is 5.19. The van der Waals surface area contributed by atoms with Crippen molar-refractivity contribution < 1.29 is 42.1 Å². The number of fused-ring (bicyclic) bond motifs is 1. The van der Waals surface area contributed by atoms with Crippen LogP contribution in [0.1, 0.15) is 18.4 Å². The Balaban J connectivity index is 0.000000360. The molecule has 0 aromatic carbocycles. The molecular formula is C20H24F3N3O6. The van der Waals surface area contributed by atoms with Gasteiger partial charge >= 0.3 is 18.1 Å². The number of pyridine rings is 1. The summed E-state index contributed by atoms with van der Waals surface area (Å²) in [7, 11) is 1.40. The Morgan fingerprint density at radius 3 is 2.62 bits per heavy atom. The van der Waals surface area contributed by atoms with Crippen molar-refractivity contribution in [2.24, 2.45) is 0 Å². The van der Waals surface area contributed by atoms with Crippen LogP contribution < -0.4 is 0 Å². The first-order chi connectivity index (χ1) is 15.1. The first kappa shape index (κ1) is 24.0. The Hall–Kier alpha value is -2.70. The van der Waals surface area contributed by atoms with Crippen molar-refractivity contribution in [3.8, 4) is 0 Å². The topological polar surface area (TPSA) is 103 Å². The molecule has 9 nitrogen and oxygen atoms in total. The summed E-state index contributed by atoms with van der Waals surface area (Å²) >= 11 is 0. The normalized spacial score (nSPS) is 18.4. The van der Waals surface area contributed by atoms with Gasteiger partial charge in [-0.15, -0.1) is 0 Å². The number of carbonyl (C=O) groups is 2. The van der Waals surface area contributed by atoms with E-state index in [0.717, 1.165) is 49.1 Å². The number of hydrogen-bond acceptors (Lipinski definition) is 7. The lowest BCUT2D eigenvalue weighted by Crippen LogP contribution is -2.48. The fourth-order valence-electron chi connectivity index (χ4n) is 3.82. The van der Waals surface area contributed by atoms with Crippen LogP contribution >= 0.6 is 0 Å². The Kier molecular flexibility index (Phi) is 7.36. The van der Waals surface area contributed by atoms with Crippen molar-refractivity contribution >= 4 is 23.0 Å². The average Bonchev–Trinajstić information content (AvgIpc) is 3.33. The zero-order chi connectivity index (χ0) is 23.4. The van der Waals surface area contributed by atoms with Crippen molar-refractivity contribution in [2.45, 2.75) is 37.9 Å². The number of hydrogen-bond donors (Lipinski definition) is 1. The molecule has 176 valence electrons. The molecule has 0 atom stereocenters. The third kappa shape index (κ3) is 5.75. The van der Waals surface area contributed by atoms with Crippen LogP contribution in [0.5, 0.6) is 0 Å². The number of alkyl halides is 3. The number of ether oxygens (including phenoxy) is 3. The minimum atomic E-state index is -5.08. The number of carbonyl (C=O) groups excluding carboxylic acids is 1. The summed E-state index contributed by atoms with van der Waals surface area (Å²) in [4.78, 5) is 27.4. The van der Waals surface area contributed by atoms with E-state index in [2.05, 4.69) is 9.88 Å². The fourth-order valence-corrected chi connectivity index (χ4v) is 3.82. The number of aliphatic carboxylic acids is 1. The summed E-state index contributed by atoms with van der Waals surface area (Å²) in [6.07, 6.45) is 0.677. The number of carboxylic acid groups (broad SMARTS) is 1. The molecular weight excluding hydrogens is 435 g/mol. The number of methoxy groups -OCH3 is 1. The standard InChI is InChI=1S/C18H23N3O4.C2HF3O2/c1-23-16(22)12-21-11-14(15-4-2-6-19-17(15)21)10-20-7-3-5-18(13-20)24-8-9-25-18;3-2(4,5)1(6)7/h2,4,6,11H,3,5,7-10,12-13H2,1H3;(H,6,7). The van der Waals surface area contributed by atoms with Crippen molar-refractivity contribution in [3.05, 3.63) is 30.1 Å². The van der Waals surface area contributed by atoms with Crippen LogP contribution in [0, 0.1) is 0 Å². The van der Waals surface area contributed by atoms with Crippen LogP contribution in [0.2, 0.25) is 0 Å². The maximum Gasteiger partial charge on any atom is 0.490 e. The maximum absolute atomic E-state index is 11.7. The lowest BCUT2D eigenvalue weighted by molar-refractivity contribution is -0.192. The van der Waals surface area contributed by atoms with Crippen LogP contribution in [0.4, 0.5) is 13.2 Å². The Morgan fingerprint density at radius 2 is 2.00 bits per heavy atom. The average molecular weight is 459 g/mol. The lowest BCUT2D eigenvalue weighted by Gasteiger charge is -2.38. The SMILES string of the molecule is COC(=O)Cn1cc(CN2CCCC3(C2)OCCO3)c2cccnc21.O=C(O)C(F)(F)F. The molecule has 4 heterocycles. The molecule has 0 amide bonds. The van der Waals surface area contributed by atoms with Crippen LogP contribution in [0.25, 0.3) is 11.0 Å². The predicted molar refractivity (Wildman–Crippen MR) is 105 cm³/mol. The summed E-state index contributed by atoms with van der Waals surface area (Å²) in [5.41, 5.74) is 1.96. The van der Waals surface area contributed by atoms with E-state index in [1.165, 1.54) is 7.11 Å². The Morgan fingerprint density at radius 1 is 1.31 bits per heavy atom. The summed E-state index contributed by atoms with van der Waals surface area (Å²) in [5.74, 6) is -3.47. The molecule has 2 saturated heterocycles. The van der Waals surface area contributed by atoms with Gasteiger partial charge in [-0.25, -0.2) is 9.78 Å². The van der Waals surface area contributed by atoms with Gasteiger partial charge in [0.25, 0.3) is 0 Å². The van der Waals surface area contributed by atoms with Crippen LogP contribution in [0.15, 0.2) is 24.5 Å². The van der Waals surface area contributed by atoms with E-state index in [9.17, 15) is 18.0 Å². The highest BCUT2D eigenvalue weighted by atomic mass is 19.4. The maximum atomic E-state index is 11.7. The van der Waals surface area contributed by atoms with E-state index in [1.54, 1.807) is 6.20 Å². The Bertz CT molecular complexity index is 956. The van der Waals surface area contributed by atoms with E-state index >= 15 is 0 Å². The monoisotopic (exact) mass is 459 g/mol. The molecule has 1 N–H and O–H groups in total. The molecule has 2 aliphatic heterocycles. The molecule has 2 fully saturated rings. The van der Waals surface area contributed by atoms with E-state index < -0.39 is 17.9 Å². The largest absolute Gasteiger partial charge is 0.490 e. The molecule has 2 aromatic rings. The molecule has 0 aliphatic carbocycles. The number of rotatable bonds is 4. The quantitative estimate of drug-likeness (QED) is 0.695. The number of aromatic nitrogens is 2. The molecule has 1 spiro atoms. The number of halogens is 3. The molecule has 12 heteroatoms. The van der Waals surface area contributed by atoms with Crippen LogP contribution in [-0.4, -0.2) is 76.9 Å². The number of carboxylic acids is 1. The van der Waals surface area contributed by atoms with Gasteiger partial charge in [-0.3, -0.25) is 9.69 Å². The molecule has 32 heavy (non-hydrogen) atoms. The van der Waals surface area contributed by atoms with E-state index in [-0.39, 0.29) is 12.5 Å². The third-order valence-electron chi connectivity index (χ3n) is 5.19. The number of piperidine rings is 1. The smallest absolute Gasteiger partial charge is 0.475 e. The van der Waals surface area contributed by atoms with Crippen molar-refractivity contribution in [1.29, 1.82) is 0 Å². The predicted octanol–water partition coefficient (Wildman–Crippen LogP) is 2.18. The van der Waals surface area contributed by atoms with Gasteiger partial charge in [0.05, 0.1) is 26.9 Å². The number of esters is 1.